The van der Waals surface area contributed by atoms with Gasteiger partial charge in [0.2, 0.25) is 0 Å². The number of hydrogen-bond acceptors (Lipinski definition) is 3. The van der Waals surface area contributed by atoms with Crippen LogP contribution < -0.4 is 11.5 Å². The summed E-state index contributed by atoms with van der Waals surface area (Å²) in [6.07, 6.45) is 6.81. The van der Waals surface area contributed by atoms with Crippen LogP contribution in [0.15, 0.2) is 0 Å². The zero-order valence-electron chi connectivity index (χ0n) is 7.57. The first kappa shape index (κ1) is 11.9. The highest BCUT2D eigenvalue weighted by atomic mass is 16.4. The fourth-order valence-corrected chi connectivity index (χ4v) is 1.01. The molecule has 0 spiro atoms. The molecule has 4 heteroatoms. The standard InChI is InChI=1S/C9H16N2O2/c1-2-3-7(6-10)4-5-8(11)9(12)13/h1,7-8H,3-6,10-11H2,(H,12,13)/t7?,8-/m0/s1. The highest BCUT2D eigenvalue weighted by Crippen LogP contribution is 2.10. The molecule has 0 saturated carbocycles. The van der Waals surface area contributed by atoms with E-state index < -0.39 is 12.0 Å². The smallest absolute Gasteiger partial charge is 0.320 e. The van der Waals surface area contributed by atoms with E-state index in [1.807, 2.05) is 0 Å². The van der Waals surface area contributed by atoms with Gasteiger partial charge in [0.1, 0.15) is 6.04 Å². The molecule has 0 aromatic carbocycles. The third-order valence-corrected chi connectivity index (χ3v) is 1.94. The first-order valence-corrected chi connectivity index (χ1v) is 4.23. The zero-order chi connectivity index (χ0) is 10.3. The van der Waals surface area contributed by atoms with Crippen molar-refractivity contribution >= 4 is 5.97 Å². The SMILES string of the molecule is C#CCC(CN)CC[C@H](N)C(=O)O. The maximum atomic E-state index is 10.4. The van der Waals surface area contributed by atoms with E-state index in [1.54, 1.807) is 0 Å². The highest BCUT2D eigenvalue weighted by molar-refractivity contribution is 5.72. The van der Waals surface area contributed by atoms with E-state index in [0.29, 0.717) is 25.8 Å². The Balaban J connectivity index is 3.72. The Hall–Kier alpha value is -1.05. The Labute approximate surface area is 78.3 Å². The van der Waals surface area contributed by atoms with Gasteiger partial charge in [-0.1, -0.05) is 0 Å². The summed E-state index contributed by atoms with van der Waals surface area (Å²) in [6, 6.07) is -0.799. The lowest BCUT2D eigenvalue weighted by molar-refractivity contribution is -0.138. The summed E-state index contributed by atoms with van der Waals surface area (Å²) in [6.45, 7) is 0.483. The van der Waals surface area contributed by atoms with Crippen LogP contribution in [0.25, 0.3) is 0 Å². The molecule has 0 aromatic rings. The fraction of sp³-hybridized carbons (Fsp3) is 0.667. The van der Waals surface area contributed by atoms with Gasteiger partial charge in [0.15, 0.2) is 0 Å². The number of carboxylic acids is 1. The second kappa shape index (κ2) is 6.46. The minimum Gasteiger partial charge on any atom is -0.480 e. The molecule has 0 bridgehead atoms. The Bertz CT molecular complexity index is 198. The van der Waals surface area contributed by atoms with E-state index in [1.165, 1.54) is 0 Å². The van der Waals surface area contributed by atoms with Crippen LogP contribution in [0.1, 0.15) is 19.3 Å². The first-order chi connectivity index (χ1) is 6.11. The number of terminal acetylenes is 1. The first-order valence-electron chi connectivity index (χ1n) is 4.23. The number of aliphatic carboxylic acids is 1. The fourth-order valence-electron chi connectivity index (χ4n) is 1.01. The van der Waals surface area contributed by atoms with Crippen molar-refractivity contribution in [2.75, 3.05) is 6.54 Å². The molecule has 0 fully saturated rings. The lowest BCUT2D eigenvalue weighted by Crippen LogP contribution is -2.31. The summed E-state index contributed by atoms with van der Waals surface area (Å²) in [7, 11) is 0. The van der Waals surface area contributed by atoms with Crippen molar-refractivity contribution in [3.8, 4) is 12.3 Å². The van der Waals surface area contributed by atoms with Crippen molar-refractivity contribution in [2.45, 2.75) is 25.3 Å². The second-order valence-electron chi connectivity index (χ2n) is 3.03. The van der Waals surface area contributed by atoms with Gasteiger partial charge < -0.3 is 16.6 Å². The van der Waals surface area contributed by atoms with Crippen LogP contribution in [0.4, 0.5) is 0 Å². The molecule has 0 rings (SSSR count). The Morgan fingerprint density at radius 1 is 1.54 bits per heavy atom. The lowest BCUT2D eigenvalue weighted by atomic mass is 9.97. The van der Waals surface area contributed by atoms with Crippen LogP contribution in [0.2, 0.25) is 0 Å². The molecule has 0 amide bonds. The van der Waals surface area contributed by atoms with Crippen molar-refractivity contribution in [3.05, 3.63) is 0 Å². The number of carboxylic acid groups (broad SMARTS) is 1. The molecule has 0 saturated heterocycles. The van der Waals surface area contributed by atoms with E-state index in [-0.39, 0.29) is 5.92 Å². The molecule has 74 valence electrons. The highest BCUT2D eigenvalue weighted by Gasteiger charge is 2.13. The summed E-state index contributed by atoms with van der Waals surface area (Å²) >= 11 is 0. The van der Waals surface area contributed by atoms with E-state index in [4.69, 9.17) is 23.0 Å². The van der Waals surface area contributed by atoms with Crippen molar-refractivity contribution in [1.82, 2.24) is 0 Å². The van der Waals surface area contributed by atoms with E-state index in [9.17, 15) is 4.79 Å². The predicted octanol–water partition coefficient (Wildman–Crippen LogP) is -0.223. The van der Waals surface area contributed by atoms with Crippen LogP contribution >= 0.6 is 0 Å². The molecule has 1 unspecified atom stereocenters. The summed E-state index contributed by atoms with van der Waals surface area (Å²) < 4.78 is 0. The van der Waals surface area contributed by atoms with Gasteiger partial charge in [-0.25, -0.2) is 0 Å². The summed E-state index contributed by atoms with van der Waals surface area (Å²) in [5, 5.41) is 8.50. The molecule has 0 aliphatic heterocycles. The van der Waals surface area contributed by atoms with Gasteiger partial charge in [-0.3, -0.25) is 4.79 Å². The van der Waals surface area contributed by atoms with E-state index in [2.05, 4.69) is 5.92 Å². The van der Waals surface area contributed by atoms with Crippen molar-refractivity contribution in [2.24, 2.45) is 17.4 Å². The second-order valence-corrected chi connectivity index (χ2v) is 3.03. The van der Waals surface area contributed by atoms with Gasteiger partial charge in [-0.2, -0.15) is 0 Å². The van der Waals surface area contributed by atoms with Crippen molar-refractivity contribution in [1.29, 1.82) is 0 Å². The number of hydrogen-bond donors (Lipinski definition) is 3. The van der Waals surface area contributed by atoms with Gasteiger partial charge in [0.25, 0.3) is 0 Å². The summed E-state index contributed by atoms with van der Waals surface area (Å²) in [5.74, 6) is 1.72. The number of nitrogens with two attached hydrogens (primary N) is 2. The van der Waals surface area contributed by atoms with E-state index >= 15 is 0 Å². The normalized spacial score (nSPS) is 14.5. The molecular weight excluding hydrogens is 168 g/mol. The molecule has 13 heavy (non-hydrogen) atoms. The quantitative estimate of drug-likeness (QED) is 0.498. The van der Waals surface area contributed by atoms with Crippen molar-refractivity contribution < 1.29 is 9.90 Å². The molecule has 5 N–H and O–H groups in total. The van der Waals surface area contributed by atoms with Crippen LogP contribution in [0.3, 0.4) is 0 Å². The van der Waals surface area contributed by atoms with Gasteiger partial charge in [-0.15, -0.1) is 12.3 Å². The summed E-state index contributed by atoms with van der Waals surface area (Å²) in [5.41, 5.74) is 10.8. The van der Waals surface area contributed by atoms with Crippen LogP contribution in [-0.2, 0) is 4.79 Å². The Kier molecular flexibility index (Phi) is 5.94. The maximum absolute atomic E-state index is 10.4. The van der Waals surface area contributed by atoms with Crippen LogP contribution in [-0.4, -0.2) is 23.7 Å². The largest absolute Gasteiger partial charge is 0.480 e. The van der Waals surface area contributed by atoms with E-state index in [0.717, 1.165) is 0 Å². The minimum absolute atomic E-state index is 0.190. The van der Waals surface area contributed by atoms with Crippen LogP contribution in [0, 0.1) is 18.3 Å². The van der Waals surface area contributed by atoms with Gasteiger partial charge in [-0.05, 0) is 25.3 Å². The summed E-state index contributed by atoms with van der Waals surface area (Å²) in [4.78, 5) is 10.4. The monoisotopic (exact) mass is 184 g/mol. The third-order valence-electron chi connectivity index (χ3n) is 1.94. The maximum Gasteiger partial charge on any atom is 0.320 e. The van der Waals surface area contributed by atoms with Gasteiger partial charge in [0, 0.05) is 6.42 Å². The average molecular weight is 184 g/mol. The topological polar surface area (TPSA) is 89.3 Å². The molecule has 0 radical (unpaired) electrons. The number of carbonyl (C=O) groups is 1. The lowest BCUT2D eigenvalue weighted by Gasteiger charge is -2.12. The van der Waals surface area contributed by atoms with Crippen molar-refractivity contribution in [3.63, 3.8) is 0 Å². The minimum atomic E-state index is -0.975. The molecule has 2 atom stereocenters. The molecular formula is C9H16N2O2. The molecule has 0 aliphatic carbocycles. The Morgan fingerprint density at radius 2 is 2.15 bits per heavy atom. The van der Waals surface area contributed by atoms with Gasteiger partial charge in [0.05, 0.1) is 0 Å². The van der Waals surface area contributed by atoms with Gasteiger partial charge >= 0.3 is 5.97 Å². The average Bonchev–Trinajstić information content (AvgIpc) is 2.11. The zero-order valence-corrected chi connectivity index (χ0v) is 7.57. The Morgan fingerprint density at radius 3 is 2.54 bits per heavy atom. The molecule has 0 heterocycles. The molecule has 4 nitrogen and oxygen atoms in total. The predicted molar refractivity (Wildman–Crippen MR) is 50.8 cm³/mol. The molecule has 0 aliphatic rings. The van der Waals surface area contributed by atoms with Crippen LogP contribution in [0.5, 0.6) is 0 Å². The molecule has 0 aromatic heterocycles. The number of rotatable bonds is 6. The third kappa shape index (κ3) is 5.23.